The van der Waals surface area contributed by atoms with Crippen LogP contribution in [0.2, 0.25) is 0 Å². The van der Waals surface area contributed by atoms with Crippen LogP contribution in [0.1, 0.15) is 43.5 Å². The molecule has 1 amide bonds. The number of halogens is 1. The van der Waals surface area contributed by atoms with Gasteiger partial charge < -0.3 is 15.4 Å². The van der Waals surface area contributed by atoms with E-state index in [9.17, 15) is 18.8 Å². The second-order valence-electron chi connectivity index (χ2n) is 6.30. The first-order valence-corrected chi connectivity index (χ1v) is 9.13. The highest BCUT2D eigenvalue weighted by Crippen LogP contribution is 2.23. The third-order valence-electron chi connectivity index (χ3n) is 4.32. The van der Waals surface area contributed by atoms with Crippen molar-refractivity contribution in [2.45, 2.75) is 39.7 Å². The highest BCUT2D eigenvalue weighted by molar-refractivity contribution is 6.07. The lowest BCUT2D eigenvalue weighted by Crippen LogP contribution is -2.41. The van der Waals surface area contributed by atoms with Gasteiger partial charge in [-0.25, -0.2) is 9.18 Å². The van der Waals surface area contributed by atoms with E-state index < -0.39 is 23.0 Å². The fraction of sp³-hybridized carbons (Fsp3) is 0.421. The molecule has 0 aliphatic rings. The number of nitrogens with one attached hydrogen (secondary N) is 1. The molecule has 0 saturated carbocycles. The van der Waals surface area contributed by atoms with E-state index in [1.165, 1.54) is 23.8 Å². The monoisotopic (exact) mass is 392 g/mol. The minimum atomic E-state index is -0.786. The van der Waals surface area contributed by atoms with Crippen molar-refractivity contribution in [3.8, 4) is 5.75 Å². The number of rotatable bonds is 8. The van der Waals surface area contributed by atoms with Gasteiger partial charge in [-0.15, -0.1) is 0 Å². The predicted octanol–water partition coefficient (Wildman–Crippen LogP) is 2.12. The molecule has 0 spiro atoms. The van der Waals surface area contributed by atoms with Gasteiger partial charge in [-0.1, -0.05) is 20.3 Å². The number of ether oxygens (including phenoxy) is 1. The summed E-state index contributed by atoms with van der Waals surface area (Å²) in [4.78, 5) is 40.9. The molecule has 1 heterocycles. The largest absolute Gasteiger partial charge is 0.497 e. The summed E-state index contributed by atoms with van der Waals surface area (Å²) in [6.45, 7) is 4.19. The first-order valence-electron chi connectivity index (χ1n) is 9.13. The van der Waals surface area contributed by atoms with Crippen molar-refractivity contribution in [2.24, 2.45) is 0 Å². The minimum absolute atomic E-state index is 0.113. The molecule has 152 valence electrons. The number of amides is 1. The Balaban J connectivity index is 2.59. The van der Waals surface area contributed by atoms with Gasteiger partial charge >= 0.3 is 5.69 Å². The number of nitrogens with zero attached hydrogens (tertiary/aromatic N) is 2. The van der Waals surface area contributed by atoms with Crippen molar-refractivity contribution in [3.05, 3.63) is 50.4 Å². The average Bonchev–Trinajstić information content (AvgIpc) is 2.66. The van der Waals surface area contributed by atoms with Crippen molar-refractivity contribution in [1.29, 1.82) is 0 Å². The molecular weight excluding hydrogens is 367 g/mol. The van der Waals surface area contributed by atoms with Crippen LogP contribution in [0.25, 0.3) is 0 Å². The number of nitrogen functional groups attached to an aromatic ring is 1. The van der Waals surface area contributed by atoms with Crippen molar-refractivity contribution < 1.29 is 13.9 Å². The van der Waals surface area contributed by atoms with E-state index >= 15 is 0 Å². The maximum Gasteiger partial charge on any atom is 0.330 e. The maximum absolute atomic E-state index is 14.4. The van der Waals surface area contributed by atoms with E-state index in [0.29, 0.717) is 19.4 Å². The van der Waals surface area contributed by atoms with Gasteiger partial charge in [0.05, 0.1) is 12.7 Å². The Labute approximate surface area is 161 Å². The summed E-state index contributed by atoms with van der Waals surface area (Å²) in [7, 11) is 1.39. The van der Waals surface area contributed by atoms with Crippen LogP contribution in [-0.2, 0) is 6.54 Å². The summed E-state index contributed by atoms with van der Waals surface area (Å²) < 4.78 is 20.6. The third-order valence-corrected chi connectivity index (χ3v) is 4.32. The first-order chi connectivity index (χ1) is 13.3. The fourth-order valence-corrected chi connectivity index (χ4v) is 2.86. The van der Waals surface area contributed by atoms with Crippen LogP contribution in [0.3, 0.4) is 0 Å². The Kier molecular flexibility index (Phi) is 6.97. The summed E-state index contributed by atoms with van der Waals surface area (Å²) in [6, 6.07) is 3.83. The zero-order valence-corrected chi connectivity index (χ0v) is 16.3. The lowest BCUT2D eigenvalue weighted by atomic mass is 10.1. The maximum atomic E-state index is 14.4. The smallest absolute Gasteiger partial charge is 0.330 e. The van der Waals surface area contributed by atoms with Gasteiger partial charge in [0.2, 0.25) is 0 Å². The number of nitrogens with two attached hydrogens (primary N) is 1. The number of methoxy groups -OCH3 is 1. The van der Waals surface area contributed by atoms with E-state index in [-0.39, 0.29) is 29.4 Å². The second-order valence-corrected chi connectivity index (χ2v) is 6.30. The van der Waals surface area contributed by atoms with Crippen LogP contribution in [0.5, 0.6) is 5.75 Å². The number of carbonyl (C=O) groups excluding carboxylic acids is 1. The Morgan fingerprint density at radius 3 is 2.57 bits per heavy atom. The Morgan fingerprint density at radius 2 is 2.00 bits per heavy atom. The summed E-state index contributed by atoms with van der Waals surface area (Å²) >= 11 is 0. The number of aromatic amines is 1. The van der Waals surface area contributed by atoms with Crippen LogP contribution in [0.15, 0.2) is 27.8 Å². The van der Waals surface area contributed by atoms with E-state index in [1.54, 1.807) is 0 Å². The number of unbranched alkanes of at least 4 members (excludes halogenated alkanes) is 1. The van der Waals surface area contributed by atoms with Gasteiger partial charge in [-0.2, -0.15) is 0 Å². The van der Waals surface area contributed by atoms with Crippen LogP contribution in [0, 0.1) is 5.82 Å². The third kappa shape index (κ3) is 4.24. The SMILES string of the molecule is CCCCn1c(N)c(N(CCC)C(=O)c2ccc(OC)cc2F)c(=O)[nH]c1=O. The predicted molar refractivity (Wildman–Crippen MR) is 106 cm³/mol. The van der Waals surface area contributed by atoms with Crippen molar-refractivity contribution in [2.75, 3.05) is 24.3 Å². The molecule has 2 aromatic rings. The van der Waals surface area contributed by atoms with Gasteiger partial charge in [0.1, 0.15) is 17.4 Å². The number of H-pyrrole nitrogens is 1. The first kappa shape index (κ1) is 21.2. The molecule has 0 atom stereocenters. The standard InChI is InChI=1S/C19H25FN4O4/c1-4-6-10-24-16(21)15(17(25)22-19(24)27)23(9-5-2)18(26)13-8-7-12(28-3)11-14(13)20/h7-8,11H,4-6,9-10,21H2,1-3H3,(H,22,25,27). The molecule has 0 aliphatic carbocycles. The lowest BCUT2D eigenvalue weighted by Gasteiger charge is -2.24. The topological polar surface area (TPSA) is 110 Å². The van der Waals surface area contributed by atoms with Crippen molar-refractivity contribution in [3.63, 3.8) is 0 Å². The van der Waals surface area contributed by atoms with Crippen molar-refractivity contribution >= 4 is 17.4 Å². The normalized spacial score (nSPS) is 10.7. The molecule has 0 saturated heterocycles. The van der Waals surface area contributed by atoms with E-state index in [4.69, 9.17) is 10.5 Å². The number of anilines is 2. The Bertz CT molecular complexity index is 967. The molecule has 1 aromatic heterocycles. The van der Waals surface area contributed by atoms with Gasteiger partial charge in [0.25, 0.3) is 11.5 Å². The quantitative estimate of drug-likeness (QED) is 0.715. The molecular formula is C19H25FN4O4. The molecule has 0 fully saturated rings. The Morgan fingerprint density at radius 1 is 1.29 bits per heavy atom. The average molecular weight is 392 g/mol. The van der Waals surface area contributed by atoms with E-state index in [2.05, 4.69) is 4.98 Å². The molecule has 0 bridgehead atoms. The van der Waals surface area contributed by atoms with Gasteiger partial charge in [0, 0.05) is 19.2 Å². The molecule has 0 aliphatic heterocycles. The van der Waals surface area contributed by atoms with Crippen LogP contribution >= 0.6 is 0 Å². The number of hydrogen-bond acceptors (Lipinski definition) is 5. The van der Waals surface area contributed by atoms with E-state index in [1.807, 2.05) is 13.8 Å². The van der Waals surface area contributed by atoms with Gasteiger partial charge in [-0.3, -0.25) is 19.1 Å². The fourth-order valence-electron chi connectivity index (χ4n) is 2.86. The number of aromatic nitrogens is 2. The van der Waals surface area contributed by atoms with Crippen molar-refractivity contribution in [1.82, 2.24) is 9.55 Å². The summed E-state index contributed by atoms with van der Waals surface area (Å²) in [5.41, 5.74) is 4.29. The van der Waals surface area contributed by atoms with E-state index in [0.717, 1.165) is 17.4 Å². The summed E-state index contributed by atoms with van der Waals surface area (Å²) in [6.07, 6.45) is 1.98. The lowest BCUT2D eigenvalue weighted by molar-refractivity contribution is 0.0982. The molecule has 8 nitrogen and oxygen atoms in total. The number of benzene rings is 1. The minimum Gasteiger partial charge on any atom is -0.497 e. The summed E-state index contributed by atoms with van der Waals surface area (Å²) in [5, 5.41) is 0. The highest BCUT2D eigenvalue weighted by Gasteiger charge is 2.26. The molecule has 0 radical (unpaired) electrons. The van der Waals surface area contributed by atoms with Crippen LogP contribution < -0.4 is 26.6 Å². The second kappa shape index (κ2) is 9.20. The zero-order chi connectivity index (χ0) is 20.8. The number of carbonyl (C=O) groups is 1. The molecule has 1 aromatic carbocycles. The van der Waals surface area contributed by atoms with Crippen LogP contribution in [-0.4, -0.2) is 29.1 Å². The van der Waals surface area contributed by atoms with Crippen LogP contribution in [0.4, 0.5) is 15.9 Å². The van der Waals surface area contributed by atoms with Gasteiger partial charge in [0.15, 0.2) is 5.69 Å². The Hall–Kier alpha value is -3.10. The zero-order valence-electron chi connectivity index (χ0n) is 16.3. The molecule has 2 rings (SSSR count). The molecule has 9 heteroatoms. The highest BCUT2D eigenvalue weighted by atomic mass is 19.1. The summed E-state index contributed by atoms with van der Waals surface area (Å²) in [5.74, 6) is -1.35. The molecule has 3 N–H and O–H groups in total. The molecule has 0 unspecified atom stereocenters. The van der Waals surface area contributed by atoms with Gasteiger partial charge in [-0.05, 0) is 25.0 Å². The molecule has 28 heavy (non-hydrogen) atoms. The number of hydrogen-bond donors (Lipinski definition) is 2.